The number of hydrazine groups is 1. The number of hydrogen-bond donors (Lipinski definition) is 3. The topological polar surface area (TPSA) is 53.2 Å². The minimum Gasteiger partial charge on any atom is -0.352 e. The van der Waals surface area contributed by atoms with E-state index < -0.39 is 11.7 Å². The normalized spacial score (nSPS) is 20.2. The van der Waals surface area contributed by atoms with Gasteiger partial charge in [0.1, 0.15) is 0 Å². The minimum absolute atomic E-state index is 0.145. The zero-order valence-electron chi connectivity index (χ0n) is 14.2. The summed E-state index contributed by atoms with van der Waals surface area (Å²) in [6.07, 6.45) is -4.36. The molecule has 0 aliphatic carbocycles. The molecule has 138 valence electrons. The van der Waals surface area contributed by atoms with E-state index in [9.17, 15) is 18.0 Å². The van der Waals surface area contributed by atoms with Gasteiger partial charge in [0.2, 0.25) is 5.91 Å². The van der Waals surface area contributed by atoms with Gasteiger partial charge in [0.25, 0.3) is 0 Å². The Balaban J connectivity index is 1.61. The third kappa shape index (κ3) is 4.23. The first-order chi connectivity index (χ1) is 12.3. The van der Waals surface area contributed by atoms with Gasteiger partial charge in [-0.25, -0.2) is 5.43 Å². The molecule has 1 saturated heterocycles. The zero-order chi connectivity index (χ0) is 18.7. The van der Waals surface area contributed by atoms with Crippen molar-refractivity contribution in [2.24, 2.45) is 5.92 Å². The molecule has 3 N–H and O–H groups in total. The van der Waals surface area contributed by atoms with Crippen LogP contribution in [0, 0.1) is 12.8 Å². The molecule has 4 nitrogen and oxygen atoms in total. The molecule has 1 fully saturated rings. The van der Waals surface area contributed by atoms with Crippen molar-refractivity contribution in [3.63, 3.8) is 0 Å². The van der Waals surface area contributed by atoms with E-state index >= 15 is 0 Å². The lowest BCUT2D eigenvalue weighted by Gasteiger charge is -2.19. The van der Waals surface area contributed by atoms with E-state index in [1.807, 2.05) is 31.2 Å². The summed E-state index contributed by atoms with van der Waals surface area (Å²) in [7, 11) is 0. The number of rotatable bonds is 4. The molecule has 2 aromatic carbocycles. The largest absolute Gasteiger partial charge is 0.416 e. The predicted octanol–water partition coefficient (Wildman–Crippen LogP) is 3.10. The van der Waals surface area contributed by atoms with Gasteiger partial charge in [-0.1, -0.05) is 42.0 Å². The van der Waals surface area contributed by atoms with Crippen LogP contribution in [0.3, 0.4) is 0 Å². The maximum absolute atomic E-state index is 12.6. The lowest BCUT2D eigenvalue weighted by Crippen LogP contribution is -2.34. The Labute approximate surface area is 149 Å². The summed E-state index contributed by atoms with van der Waals surface area (Å²) in [5.74, 6) is -0.444. The Morgan fingerprint density at radius 2 is 1.77 bits per heavy atom. The second-order valence-corrected chi connectivity index (χ2v) is 6.43. The number of benzene rings is 2. The van der Waals surface area contributed by atoms with E-state index in [-0.39, 0.29) is 24.4 Å². The summed E-state index contributed by atoms with van der Waals surface area (Å²) < 4.78 is 37.8. The number of nitrogens with one attached hydrogen (secondary N) is 3. The lowest BCUT2D eigenvalue weighted by molar-refractivity contribution is -0.137. The molecule has 0 bridgehead atoms. The van der Waals surface area contributed by atoms with Crippen molar-refractivity contribution in [2.45, 2.75) is 25.7 Å². The van der Waals surface area contributed by atoms with Gasteiger partial charge in [-0.05, 0) is 30.2 Å². The van der Waals surface area contributed by atoms with Gasteiger partial charge in [-0.2, -0.15) is 13.2 Å². The van der Waals surface area contributed by atoms with Gasteiger partial charge in [0.15, 0.2) is 0 Å². The standard InChI is InChI=1S/C19H20F3N3O/c1-12-2-6-14(7-3-12)17-16(11-24-25-17)18(26)23-10-13-4-8-15(9-5-13)19(20,21)22/h2-9,16-17,24-25H,10-11H2,1H3,(H,23,26). The molecule has 0 aromatic heterocycles. The number of hydrogen-bond acceptors (Lipinski definition) is 3. The maximum atomic E-state index is 12.6. The number of aryl methyl sites for hydroxylation is 1. The fourth-order valence-corrected chi connectivity index (χ4v) is 2.96. The van der Waals surface area contributed by atoms with Crippen LogP contribution >= 0.6 is 0 Å². The quantitative estimate of drug-likeness (QED) is 0.783. The molecular formula is C19H20F3N3O. The summed E-state index contributed by atoms with van der Waals surface area (Å²) >= 11 is 0. The van der Waals surface area contributed by atoms with E-state index in [1.54, 1.807) is 0 Å². The van der Waals surface area contributed by atoms with Crippen LogP contribution in [0.4, 0.5) is 13.2 Å². The Bertz CT molecular complexity index is 757. The van der Waals surface area contributed by atoms with Crippen LogP contribution < -0.4 is 16.2 Å². The number of halogens is 3. The molecule has 0 spiro atoms. The van der Waals surface area contributed by atoms with Gasteiger partial charge in [0.05, 0.1) is 17.5 Å². The van der Waals surface area contributed by atoms with Crippen molar-refractivity contribution >= 4 is 5.91 Å². The molecular weight excluding hydrogens is 343 g/mol. The number of alkyl halides is 3. The number of amides is 1. The van der Waals surface area contributed by atoms with Crippen molar-refractivity contribution < 1.29 is 18.0 Å². The molecule has 2 aromatic rings. The third-order valence-corrected chi connectivity index (χ3v) is 4.50. The first-order valence-corrected chi connectivity index (χ1v) is 8.33. The summed E-state index contributed by atoms with van der Waals surface area (Å²) in [5, 5.41) is 2.81. The van der Waals surface area contributed by atoms with Crippen molar-refractivity contribution in [1.29, 1.82) is 0 Å². The average Bonchev–Trinajstić information content (AvgIpc) is 3.10. The lowest BCUT2D eigenvalue weighted by atomic mass is 9.93. The monoisotopic (exact) mass is 363 g/mol. The second-order valence-electron chi connectivity index (χ2n) is 6.43. The molecule has 0 saturated carbocycles. The molecule has 2 unspecified atom stereocenters. The fourth-order valence-electron chi connectivity index (χ4n) is 2.96. The van der Waals surface area contributed by atoms with Gasteiger partial charge in [-0.3, -0.25) is 10.2 Å². The Kier molecular flexibility index (Phi) is 5.29. The van der Waals surface area contributed by atoms with Crippen LogP contribution in [0.2, 0.25) is 0 Å². The SMILES string of the molecule is Cc1ccc(C2NNCC2C(=O)NCc2ccc(C(F)(F)F)cc2)cc1. The van der Waals surface area contributed by atoms with Gasteiger partial charge >= 0.3 is 6.18 Å². The van der Waals surface area contributed by atoms with Crippen molar-refractivity contribution in [3.8, 4) is 0 Å². The number of carbonyl (C=O) groups excluding carboxylic acids is 1. The summed E-state index contributed by atoms with van der Waals surface area (Å²) in [4.78, 5) is 12.5. The van der Waals surface area contributed by atoms with Gasteiger partial charge in [-0.15, -0.1) is 0 Å². The van der Waals surface area contributed by atoms with E-state index in [1.165, 1.54) is 12.1 Å². The first kappa shape index (κ1) is 18.4. The van der Waals surface area contributed by atoms with E-state index in [0.717, 1.165) is 23.3 Å². The Morgan fingerprint density at radius 1 is 1.12 bits per heavy atom. The van der Waals surface area contributed by atoms with Crippen molar-refractivity contribution in [3.05, 3.63) is 70.8 Å². The smallest absolute Gasteiger partial charge is 0.352 e. The molecule has 0 radical (unpaired) electrons. The van der Waals surface area contributed by atoms with Crippen LogP contribution in [0.25, 0.3) is 0 Å². The molecule has 26 heavy (non-hydrogen) atoms. The molecule has 1 aliphatic heterocycles. The average molecular weight is 363 g/mol. The molecule has 1 amide bonds. The van der Waals surface area contributed by atoms with Crippen molar-refractivity contribution in [2.75, 3.05) is 6.54 Å². The number of carbonyl (C=O) groups is 1. The predicted molar refractivity (Wildman–Crippen MR) is 91.8 cm³/mol. The first-order valence-electron chi connectivity index (χ1n) is 8.33. The molecule has 3 rings (SSSR count). The molecule has 1 aliphatic rings. The highest BCUT2D eigenvalue weighted by Gasteiger charge is 2.34. The van der Waals surface area contributed by atoms with Crippen LogP contribution in [-0.4, -0.2) is 12.5 Å². The van der Waals surface area contributed by atoms with Crippen molar-refractivity contribution in [1.82, 2.24) is 16.2 Å². The van der Waals surface area contributed by atoms with Gasteiger partial charge < -0.3 is 5.32 Å². The molecule has 2 atom stereocenters. The van der Waals surface area contributed by atoms with Crippen LogP contribution in [0.5, 0.6) is 0 Å². The van der Waals surface area contributed by atoms with Gasteiger partial charge in [0, 0.05) is 13.1 Å². The third-order valence-electron chi connectivity index (χ3n) is 4.50. The molecule has 7 heteroatoms. The van der Waals surface area contributed by atoms with Crippen LogP contribution in [0.15, 0.2) is 48.5 Å². The summed E-state index contributed by atoms with van der Waals surface area (Å²) in [6.45, 7) is 2.67. The highest BCUT2D eigenvalue weighted by atomic mass is 19.4. The van der Waals surface area contributed by atoms with E-state index in [4.69, 9.17) is 0 Å². The highest BCUT2D eigenvalue weighted by molar-refractivity contribution is 5.80. The molecule has 1 heterocycles. The van der Waals surface area contributed by atoms with Crippen LogP contribution in [-0.2, 0) is 17.5 Å². The second kappa shape index (κ2) is 7.47. The fraction of sp³-hybridized carbons (Fsp3) is 0.316. The zero-order valence-corrected chi connectivity index (χ0v) is 14.2. The van der Waals surface area contributed by atoms with E-state index in [0.29, 0.717) is 12.1 Å². The van der Waals surface area contributed by atoms with E-state index in [2.05, 4.69) is 16.2 Å². The Hall–Kier alpha value is -2.38. The van der Waals surface area contributed by atoms with Crippen LogP contribution in [0.1, 0.15) is 28.3 Å². The summed E-state index contributed by atoms with van der Waals surface area (Å²) in [5.41, 5.74) is 8.19. The Morgan fingerprint density at radius 3 is 2.38 bits per heavy atom. The highest BCUT2D eigenvalue weighted by Crippen LogP contribution is 2.29. The summed E-state index contributed by atoms with van der Waals surface area (Å²) in [6, 6.07) is 12.6. The minimum atomic E-state index is -4.36. The maximum Gasteiger partial charge on any atom is 0.416 e.